The lowest BCUT2D eigenvalue weighted by molar-refractivity contribution is -0.116. The fourth-order valence-corrected chi connectivity index (χ4v) is 3.38. The maximum absolute atomic E-state index is 12.3. The molecule has 0 saturated carbocycles. The van der Waals surface area contributed by atoms with Crippen molar-refractivity contribution in [2.75, 3.05) is 11.9 Å². The number of rotatable bonds is 6. The highest BCUT2D eigenvalue weighted by Crippen LogP contribution is 2.38. The van der Waals surface area contributed by atoms with Crippen LogP contribution in [0.5, 0.6) is 5.88 Å². The van der Waals surface area contributed by atoms with Crippen molar-refractivity contribution in [3.05, 3.63) is 79.4 Å². The van der Waals surface area contributed by atoms with Gasteiger partial charge in [0.15, 0.2) is 5.69 Å². The molecule has 6 nitrogen and oxygen atoms in total. The summed E-state index contributed by atoms with van der Waals surface area (Å²) in [7, 11) is 0. The molecular formula is C23H20N4O2. The van der Waals surface area contributed by atoms with Crippen LogP contribution in [-0.2, 0) is 11.3 Å². The van der Waals surface area contributed by atoms with E-state index in [1.165, 1.54) is 0 Å². The number of nitrogens with one attached hydrogen (secondary N) is 1. The van der Waals surface area contributed by atoms with Gasteiger partial charge >= 0.3 is 0 Å². The molecule has 6 heteroatoms. The molecule has 3 aromatic carbocycles. The van der Waals surface area contributed by atoms with E-state index in [4.69, 9.17) is 0 Å². The van der Waals surface area contributed by atoms with Gasteiger partial charge in [0.1, 0.15) is 0 Å². The lowest BCUT2D eigenvalue weighted by atomic mass is 10.1. The Kier molecular flexibility index (Phi) is 5.07. The van der Waals surface area contributed by atoms with Gasteiger partial charge in [0.25, 0.3) is 5.91 Å². The minimum atomic E-state index is -0.433. The summed E-state index contributed by atoms with van der Waals surface area (Å²) in [6.45, 7) is 4.15. The highest BCUT2D eigenvalue weighted by atomic mass is 16.3. The van der Waals surface area contributed by atoms with E-state index in [1.807, 2.05) is 66.7 Å². The van der Waals surface area contributed by atoms with Crippen LogP contribution in [0.3, 0.4) is 0 Å². The van der Waals surface area contributed by atoms with Crippen molar-refractivity contribution in [3.8, 4) is 5.88 Å². The molecule has 0 spiro atoms. The zero-order valence-corrected chi connectivity index (χ0v) is 15.7. The van der Waals surface area contributed by atoms with Gasteiger partial charge in [-0.1, -0.05) is 60.7 Å². The summed E-state index contributed by atoms with van der Waals surface area (Å²) in [5.74, 6) is -0.470. The second-order valence-electron chi connectivity index (χ2n) is 6.56. The van der Waals surface area contributed by atoms with Crippen LogP contribution in [0.1, 0.15) is 0 Å². The fraction of sp³-hybridized carbons (Fsp3) is 0.0870. The van der Waals surface area contributed by atoms with Gasteiger partial charge in [0.2, 0.25) is 5.88 Å². The molecular weight excluding hydrogens is 364 g/mol. The molecule has 1 amide bonds. The molecule has 0 atom stereocenters. The van der Waals surface area contributed by atoms with Crippen molar-refractivity contribution in [3.63, 3.8) is 0 Å². The Bertz CT molecular complexity index is 1240. The second-order valence-corrected chi connectivity index (χ2v) is 6.56. The first kappa shape index (κ1) is 18.4. The molecule has 0 bridgehead atoms. The van der Waals surface area contributed by atoms with Gasteiger partial charge in [-0.3, -0.25) is 4.79 Å². The molecule has 4 aromatic rings. The maximum Gasteiger partial charge on any atom is 0.283 e. The first-order chi connectivity index (χ1) is 14.2. The number of azo groups is 1. The number of nitrogens with zero attached hydrogens (tertiary/aromatic N) is 3. The van der Waals surface area contributed by atoms with Crippen LogP contribution in [0, 0.1) is 0 Å². The van der Waals surface area contributed by atoms with Crippen molar-refractivity contribution >= 4 is 39.0 Å². The molecule has 0 aliphatic carbocycles. The average Bonchev–Trinajstić information content (AvgIpc) is 3.02. The molecule has 0 radical (unpaired) electrons. The number of allylic oxidation sites excluding steroid dienone is 1. The highest BCUT2D eigenvalue weighted by molar-refractivity contribution is 5.96. The van der Waals surface area contributed by atoms with Crippen LogP contribution < -0.4 is 5.32 Å². The van der Waals surface area contributed by atoms with Crippen LogP contribution in [0.25, 0.3) is 21.7 Å². The highest BCUT2D eigenvalue weighted by Gasteiger charge is 2.15. The summed E-state index contributed by atoms with van der Waals surface area (Å²) in [4.78, 5) is 12.3. The molecule has 29 heavy (non-hydrogen) atoms. The normalized spacial score (nSPS) is 11.3. The molecule has 2 N–H and O–H groups in total. The van der Waals surface area contributed by atoms with Crippen molar-refractivity contribution < 1.29 is 9.90 Å². The van der Waals surface area contributed by atoms with Crippen molar-refractivity contribution in [1.29, 1.82) is 0 Å². The number of benzene rings is 3. The Labute approximate surface area is 167 Å². The van der Waals surface area contributed by atoms with E-state index in [0.29, 0.717) is 6.54 Å². The Hall–Kier alpha value is -3.93. The first-order valence-electron chi connectivity index (χ1n) is 9.26. The van der Waals surface area contributed by atoms with Crippen molar-refractivity contribution in [2.45, 2.75) is 6.54 Å². The molecule has 0 saturated heterocycles. The second kappa shape index (κ2) is 7.98. The number of amides is 1. The largest absolute Gasteiger partial charge is 0.493 e. The summed E-state index contributed by atoms with van der Waals surface area (Å²) in [5.41, 5.74) is 1.94. The number of para-hydroxylation sites is 1. The van der Waals surface area contributed by atoms with E-state index in [0.717, 1.165) is 27.4 Å². The summed E-state index contributed by atoms with van der Waals surface area (Å²) in [6, 6.07) is 21.2. The van der Waals surface area contributed by atoms with E-state index < -0.39 is 5.91 Å². The predicted octanol–water partition coefficient (Wildman–Crippen LogP) is 5.41. The van der Waals surface area contributed by atoms with Crippen LogP contribution >= 0.6 is 0 Å². The number of anilines is 1. The van der Waals surface area contributed by atoms with Crippen LogP contribution in [0.15, 0.2) is 89.6 Å². The van der Waals surface area contributed by atoms with Gasteiger partial charge in [-0.15, -0.1) is 16.8 Å². The van der Waals surface area contributed by atoms with Gasteiger partial charge in [0.05, 0.1) is 12.1 Å². The number of fused-ring (bicyclic) bond motifs is 2. The monoisotopic (exact) mass is 384 g/mol. The van der Waals surface area contributed by atoms with Gasteiger partial charge in [-0.2, -0.15) is 0 Å². The zero-order valence-electron chi connectivity index (χ0n) is 15.7. The fourth-order valence-electron chi connectivity index (χ4n) is 3.38. The Morgan fingerprint density at radius 3 is 2.59 bits per heavy atom. The van der Waals surface area contributed by atoms with E-state index >= 15 is 0 Å². The average molecular weight is 384 g/mol. The topological polar surface area (TPSA) is 79.0 Å². The number of carbonyl (C=O) groups excluding carboxylic acids is 1. The number of hydrogen-bond acceptors (Lipinski definition) is 4. The number of aromatic nitrogens is 1. The van der Waals surface area contributed by atoms with E-state index in [2.05, 4.69) is 22.1 Å². The molecule has 0 aliphatic heterocycles. The quantitative estimate of drug-likeness (QED) is 0.345. The van der Waals surface area contributed by atoms with Crippen LogP contribution in [0.2, 0.25) is 0 Å². The number of hydrogen-bond donors (Lipinski definition) is 2. The van der Waals surface area contributed by atoms with E-state index in [-0.39, 0.29) is 18.1 Å². The summed E-state index contributed by atoms with van der Waals surface area (Å²) in [6.07, 6.45) is 1.69. The molecule has 0 fully saturated rings. The third kappa shape index (κ3) is 3.60. The number of aromatic hydroxyl groups is 1. The molecule has 144 valence electrons. The van der Waals surface area contributed by atoms with E-state index in [1.54, 1.807) is 10.6 Å². The molecule has 1 heterocycles. The minimum Gasteiger partial charge on any atom is -0.493 e. The number of carbonyl (C=O) groups is 1. The summed E-state index contributed by atoms with van der Waals surface area (Å²) in [5, 5.41) is 24.3. The Morgan fingerprint density at radius 2 is 1.76 bits per heavy atom. The van der Waals surface area contributed by atoms with Crippen molar-refractivity contribution in [1.82, 2.24) is 4.57 Å². The minimum absolute atomic E-state index is 0.00354. The van der Waals surface area contributed by atoms with Crippen LogP contribution in [0.4, 0.5) is 11.4 Å². The summed E-state index contributed by atoms with van der Waals surface area (Å²) < 4.78 is 1.68. The van der Waals surface area contributed by atoms with Gasteiger partial charge < -0.3 is 15.0 Å². The van der Waals surface area contributed by atoms with E-state index in [9.17, 15) is 9.90 Å². The molecule has 1 aromatic heterocycles. The standard InChI is InChI=1S/C23H20N4O2/c1-2-14-27-20-13-6-5-11-18(20)22(23(27)29)26-25-21(28)15-24-19-12-7-9-16-8-3-4-10-17(16)19/h2-13,24,29H,1,14-15H2. The van der Waals surface area contributed by atoms with Crippen molar-refractivity contribution in [2.24, 2.45) is 10.2 Å². The summed E-state index contributed by atoms with van der Waals surface area (Å²) >= 11 is 0. The van der Waals surface area contributed by atoms with Crippen LogP contribution in [-0.4, -0.2) is 22.1 Å². The maximum atomic E-state index is 12.3. The SMILES string of the molecule is C=CCn1c(O)c(N=NC(=O)CNc2cccc3ccccc23)c2ccccc21. The Morgan fingerprint density at radius 1 is 1.03 bits per heavy atom. The lowest BCUT2D eigenvalue weighted by Crippen LogP contribution is -2.11. The molecule has 0 aliphatic rings. The first-order valence-corrected chi connectivity index (χ1v) is 9.26. The third-order valence-corrected chi connectivity index (χ3v) is 4.71. The predicted molar refractivity (Wildman–Crippen MR) is 116 cm³/mol. The zero-order chi connectivity index (χ0) is 20.2. The Balaban J connectivity index is 1.54. The molecule has 4 rings (SSSR count). The smallest absolute Gasteiger partial charge is 0.283 e. The third-order valence-electron chi connectivity index (χ3n) is 4.71. The van der Waals surface area contributed by atoms with Gasteiger partial charge in [-0.05, 0) is 17.5 Å². The molecule has 0 unspecified atom stereocenters. The van der Waals surface area contributed by atoms with Gasteiger partial charge in [0, 0.05) is 23.0 Å². The lowest BCUT2D eigenvalue weighted by Gasteiger charge is -2.07. The van der Waals surface area contributed by atoms with Gasteiger partial charge in [-0.25, -0.2) is 0 Å².